The lowest BCUT2D eigenvalue weighted by molar-refractivity contribution is -0.0316. The number of hydrogen-bond acceptors (Lipinski definition) is 3. The number of methoxy groups -OCH3 is 1. The van der Waals surface area contributed by atoms with E-state index in [9.17, 15) is 0 Å². The van der Waals surface area contributed by atoms with E-state index in [1.54, 1.807) is 7.11 Å². The fourth-order valence-corrected chi connectivity index (χ4v) is 2.26. The van der Waals surface area contributed by atoms with Crippen LogP contribution in [-0.4, -0.2) is 35.4 Å². The minimum atomic E-state index is -1.54. The van der Waals surface area contributed by atoms with Crippen LogP contribution in [-0.2, 0) is 13.9 Å². The molecule has 0 bridgehead atoms. The highest BCUT2D eigenvalue weighted by molar-refractivity contribution is 6.74. The average Bonchev–Trinajstić information content (AvgIpc) is 2.20. The lowest BCUT2D eigenvalue weighted by atomic mass is 10.2. The molecule has 0 aliphatic rings. The van der Waals surface area contributed by atoms with Crippen LogP contribution in [0.2, 0.25) is 18.1 Å². The van der Waals surface area contributed by atoms with Gasteiger partial charge in [-0.25, -0.2) is 0 Å². The van der Waals surface area contributed by atoms with Crippen molar-refractivity contribution in [3.63, 3.8) is 0 Å². The Kier molecular flexibility index (Phi) is 8.29. The van der Waals surface area contributed by atoms with E-state index in [-0.39, 0.29) is 0 Å². The van der Waals surface area contributed by atoms with E-state index in [1.807, 2.05) is 0 Å². The zero-order chi connectivity index (χ0) is 13.4. The Morgan fingerprint density at radius 2 is 1.53 bits per heavy atom. The summed E-state index contributed by atoms with van der Waals surface area (Å²) in [6, 6.07) is 0. The van der Waals surface area contributed by atoms with Crippen molar-refractivity contribution in [3.05, 3.63) is 0 Å². The molecule has 0 heterocycles. The van der Waals surface area contributed by atoms with Gasteiger partial charge in [0.25, 0.3) is 0 Å². The van der Waals surface area contributed by atoms with Gasteiger partial charge in [-0.2, -0.15) is 0 Å². The van der Waals surface area contributed by atoms with Gasteiger partial charge in [0, 0.05) is 20.3 Å². The highest BCUT2D eigenvalue weighted by Gasteiger charge is 2.36. The minimum absolute atomic E-state index is 0.314. The first-order chi connectivity index (χ1) is 7.81. The molecule has 4 heteroatoms. The molecule has 3 nitrogen and oxygen atoms in total. The Balaban J connectivity index is 3.46. The zero-order valence-electron chi connectivity index (χ0n) is 12.5. The van der Waals surface area contributed by atoms with E-state index in [0.29, 0.717) is 11.8 Å². The molecule has 0 aromatic carbocycles. The summed E-state index contributed by atoms with van der Waals surface area (Å²) in [7, 11) is 0.109. The van der Waals surface area contributed by atoms with Crippen molar-refractivity contribution in [1.82, 2.24) is 0 Å². The first-order valence-electron chi connectivity index (χ1n) is 6.52. The van der Waals surface area contributed by atoms with E-state index in [4.69, 9.17) is 13.9 Å². The maximum Gasteiger partial charge on any atom is 0.191 e. The third-order valence-electron chi connectivity index (χ3n) is 3.40. The third-order valence-corrected chi connectivity index (χ3v) is 7.94. The van der Waals surface area contributed by atoms with E-state index in [1.165, 1.54) is 6.42 Å². The number of ether oxygens (including phenoxy) is 2. The van der Waals surface area contributed by atoms with E-state index in [0.717, 1.165) is 26.1 Å². The molecular weight excluding hydrogens is 232 g/mol. The summed E-state index contributed by atoms with van der Waals surface area (Å²) < 4.78 is 16.1. The maximum absolute atomic E-state index is 6.10. The zero-order valence-corrected chi connectivity index (χ0v) is 13.5. The van der Waals surface area contributed by atoms with Crippen LogP contribution in [0.3, 0.4) is 0 Å². The number of rotatable bonds is 9. The lowest BCUT2D eigenvalue weighted by Gasteiger charge is -2.36. The van der Waals surface area contributed by atoms with E-state index in [2.05, 4.69) is 33.9 Å². The Bertz CT molecular complexity index is 188. The van der Waals surface area contributed by atoms with Crippen molar-refractivity contribution >= 4 is 8.32 Å². The molecule has 0 aromatic rings. The first kappa shape index (κ1) is 17.1. The topological polar surface area (TPSA) is 27.7 Å². The highest BCUT2D eigenvalue weighted by atomic mass is 28.4. The van der Waals surface area contributed by atoms with Crippen LogP contribution in [0.5, 0.6) is 0 Å². The molecule has 0 rings (SSSR count). The molecule has 0 radical (unpaired) electrons. The first-order valence-corrected chi connectivity index (χ1v) is 9.43. The summed E-state index contributed by atoms with van der Waals surface area (Å²) in [5.41, 5.74) is 0. The summed E-state index contributed by atoms with van der Waals surface area (Å²) in [5, 5.41) is 0.314. The lowest BCUT2D eigenvalue weighted by Crippen LogP contribution is -2.40. The summed E-state index contributed by atoms with van der Waals surface area (Å²) in [6.45, 7) is 13.5. The highest BCUT2D eigenvalue weighted by Crippen LogP contribution is 2.36. The van der Waals surface area contributed by atoms with Crippen molar-refractivity contribution in [3.8, 4) is 0 Å². The van der Waals surface area contributed by atoms with Gasteiger partial charge in [-0.05, 0) is 37.4 Å². The molecular formula is C13H30O3Si. The van der Waals surface area contributed by atoms with Crippen LogP contribution in [0.25, 0.3) is 0 Å². The molecule has 0 amide bonds. The molecule has 104 valence electrons. The summed E-state index contributed by atoms with van der Waals surface area (Å²) in [5.74, 6) is 0. The number of hydrogen-bond donors (Lipinski definition) is 0. The largest absolute Gasteiger partial charge is 0.417 e. The van der Waals surface area contributed by atoms with Crippen LogP contribution in [0.15, 0.2) is 0 Å². The monoisotopic (exact) mass is 262 g/mol. The Morgan fingerprint density at radius 1 is 0.941 bits per heavy atom. The smallest absolute Gasteiger partial charge is 0.191 e. The second-order valence-corrected chi connectivity index (χ2v) is 10.8. The molecule has 0 unspecified atom stereocenters. The van der Waals surface area contributed by atoms with Gasteiger partial charge in [0.1, 0.15) is 6.79 Å². The van der Waals surface area contributed by atoms with Crippen molar-refractivity contribution in [1.29, 1.82) is 0 Å². The predicted molar refractivity (Wildman–Crippen MR) is 74.8 cm³/mol. The van der Waals surface area contributed by atoms with Gasteiger partial charge in [0.05, 0.1) is 0 Å². The Hall–Kier alpha value is 0.0969. The van der Waals surface area contributed by atoms with Crippen LogP contribution >= 0.6 is 0 Å². The molecule has 0 fully saturated rings. The summed E-state index contributed by atoms with van der Waals surface area (Å²) in [4.78, 5) is 0. The second-order valence-electron chi connectivity index (χ2n) is 5.98. The second kappa shape index (κ2) is 8.24. The summed E-state index contributed by atoms with van der Waals surface area (Å²) >= 11 is 0. The van der Waals surface area contributed by atoms with Gasteiger partial charge in [-0.3, -0.25) is 0 Å². The Morgan fingerprint density at radius 3 is 2.06 bits per heavy atom. The van der Waals surface area contributed by atoms with Crippen LogP contribution < -0.4 is 0 Å². The van der Waals surface area contributed by atoms with E-state index >= 15 is 0 Å². The molecule has 0 aromatic heterocycles. The molecule has 0 spiro atoms. The van der Waals surface area contributed by atoms with Crippen LogP contribution in [0.4, 0.5) is 0 Å². The van der Waals surface area contributed by atoms with Gasteiger partial charge in [0.15, 0.2) is 8.32 Å². The van der Waals surface area contributed by atoms with Crippen molar-refractivity contribution < 1.29 is 13.9 Å². The molecule has 0 N–H and O–H groups in total. The van der Waals surface area contributed by atoms with Gasteiger partial charge in [-0.1, -0.05) is 20.8 Å². The average molecular weight is 262 g/mol. The van der Waals surface area contributed by atoms with Crippen molar-refractivity contribution in [2.75, 3.05) is 27.1 Å². The molecule has 0 aliphatic heterocycles. The molecule has 0 atom stereocenters. The normalized spacial score (nSPS) is 13.1. The summed E-state index contributed by atoms with van der Waals surface area (Å²) in [6.07, 6.45) is 3.38. The van der Waals surface area contributed by atoms with Crippen LogP contribution in [0, 0.1) is 0 Å². The molecule has 0 aliphatic carbocycles. The SMILES string of the molecule is COCOCCCCCO[Si](C)(C)C(C)(C)C. The van der Waals surface area contributed by atoms with Gasteiger partial charge in [0.2, 0.25) is 0 Å². The fourth-order valence-electron chi connectivity index (χ4n) is 1.17. The molecule has 17 heavy (non-hydrogen) atoms. The third kappa shape index (κ3) is 7.92. The molecule has 0 saturated heterocycles. The van der Waals surface area contributed by atoms with E-state index < -0.39 is 8.32 Å². The van der Waals surface area contributed by atoms with Gasteiger partial charge < -0.3 is 13.9 Å². The van der Waals surface area contributed by atoms with Crippen molar-refractivity contribution in [2.24, 2.45) is 0 Å². The van der Waals surface area contributed by atoms with Crippen LogP contribution in [0.1, 0.15) is 40.0 Å². The minimum Gasteiger partial charge on any atom is -0.417 e. The standard InChI is InChI=1S/C13H30O3Si/c1-13(2,3)17(5,6)16-11-9-7-8-10-15-12-14-4/h7-12H2,1-6H3. The van der Waals surface area contributed by atoms with Crippen molar-refractivity contribution in [2.45, 2.75) is 58.2 Å². The fraction of sp³-hybridized carbons (Fsp3) is 1.00. The Labute approximate surface area is 108 Å². The predicted octanol–water partition coefficient (Wildman–Crippen LogP) is 3.80. The maximum atomic E-state index is 6.10. The quantitative estimate of drug-likeness (QED) is 0.359. The number of unbranched alkanes of at least 4 members (excludes halogenated alkanes) is 2. The molecule has 0 saturated carbocycles. The van der Waals surface area contributed by atoms with Gasteiger partial charge >= 0.3 is 0 Å². The van der Waals surface area contributed by atoms with Gasteiger partial charge in [-0.15, -0.1) is 0 Å².